The number of aryl methyl sites for hydroxylation is 1. The van der Waals surface area contributed by atoms with E-state index in [0.29, 0.717) is 24.7 Å². The molecule has 28 heavy (non-hydrogen) atoms. The summed E-state index contributed by atoms with van der Waals surface area (Å²) in [7, 11) is 3.22. The summed E-state index contributed by atoms with van der Waals surface area (Å²) in [5.74, 6) is 2.24. The minimum atomic E-state index is -0.203. The average molecular weight is 388 g/mol. The van der Waals surface area contributed by atoms with Gasteiger partial charge >= 0.3 is 6.03 Å². The Morgan fingerprint density at radius 1 is 1.25 bits per heavy atom. The molecule has 1 aromatic carbocycles. The normalized spacial score (nSPS) is 16.8. The number of urea groups is 1. The molecule has 152 valence electrons. The molecule has 7 nitrogen and oxygen atoms in total. The summed E-state index contributed by atoms with van der Waals surface area (Å²) >= 11 is 0. The van der Waals surface area contributed by atoms with Gasteiger partial charge < -0.3 is 29.3 Å². The largest absolute Gasteiger partial charge is 0.493 e. The van der Waals surface area contributed by atoms with Gasteiger partial charge in [-0.1, -0.05) is 6.07 Å². The molecule has 1 heterocycles. The summed E-state index contributed by atoms with van der Waals surface area (Å²) < 4.78 is 21.6. The van der Waals surface area contributed by atoms with Gasteiger partial charge in [-0.2, -0.15) is 0 Å². The van der Waals surface area contributed by atoms with Crippen LogP contribution >= 0.6 is 0 Å². The Labute approximate surface area is 165 Å². The number of rotatable bonds is 8. The molecule has 2 amide bonds. The third kappa shape index (κ3) is 4.78. The SMILES string of the molecule is COCCOc1ccc(C(C)NC(=O)NC2CCCc3occc32)cc1OC. The number of carbonyl (C=O) groups excluding carboxylic acids is 1. The number of amides is 2. The second-order valence-corrected chi connectivity index (χ2v) is 6.83. The Kier molecular flexibility index (Phi) is 6.81. The minimum Gasteiger partial charge on any atom is -0.493 e. The van der Waals surface area contributed by atoms with Crippen LogP contribution in [0.25, 0.3) is 0 Å². The molecule has 1 aliphatic carbocycles. The summed E-state index contributed by atoms with van der Waals surface area (Å²) in [6, 6.07) is 7.18. The molecule has 2 unspecified atom stereocenters. The van der Waals surface area contributed by atoms with Crippen molar-refractivity contribution in [2.45, 2.75) is 38.3 Å². The van der Waals surface area contributed by atoms with Gasteiger partial charge in [0.25, 0.3) is 0 Å². The van der Waals surface area contributed by atoms with E-state index in [4.69, 9.17) is 18.6 Å². The molecule has 3 rings (SSSR count). The summed E-state index contributed by atoms with van der Waals surface area (Å²) in [5.41, 5.74) is 2.01. The quantitative estimate of drug-likeness (QED) is 0.673. The van der Waals surface area contributed by atoms with Crippen molar-refractivity contribution in [3.05, 3.63) is 47.4 Å². The highest BCUT2D eigenvalue weighted by Crippen LogP contribution is 2.31. The Hall–Kier alpha value is -2.67. The second kappa shape index (κ2) is 9.50. The molecule has 0 saturated carbocycles. The van der Waals surface area contributed by atoms with Gasteiger partial charge in [0.1, 0.15) is 12.4 Å². The maximum absolute atomic E-state index is 12.5. The monoisotopic (exact) mass is 388 g/mol. The fourth-order valence-electron chi connectivity index (χ4n) is 3.42. The lowest BCUT2D eigenvalue weighted by molar-refractivity contribution is 0.144. The minimum absolute atomic E-state index is 0.0132. The summed E-state index contributed by atoms with van der Waals surface area (Å²) in [4.78, 5) is 12.5. The Morgan fingerprint density at radius 3 is 2.89 bits per heavy atom. The van der Waals surface area contributed by atoms with Crippen molar-refractivity contribution in [3.63, 3.8) is 0 Å². The molecule has 2 aromatic rings. The molecule has 7 heteroatoms. The number of furan rings is 1. The zero-order valence-corrected chi connectivity index (χ0v) is 16.6. The number of carbonyl (C=O) groups is 1. The number of hydrogen-bond donors (Lipinski definition) is 2. The van der Waals surface area contributed by atoms with E-state index < -0.39 is 0 Å². The first-order valence-corrected chi connectivity index (χ1v) is 9.55. The van der Waals surface area contributed by atoms with Crippen molar-refractivity contribution >= 4 is 6.03 Å². The van der Waals surface area contributed by atoms with Crippen LogP contribution in [-0.2, 0) is 11.2 Å². The van der Waals surface area contributed by atoms with Gasteiger partial charge in [0.2, 0.25) is 0 Å². The highest BCUT2D eigenvalue weighted by atomic mass is 16.5. The van der Waals surface area contributed by atoms with Crippen molar-refractivity contribution in [2.24, 2.45) is 0 Å². The van der Waals surface area contributed by atoms with Gasteiger partial charge in [-0.3, -0.25) is 0 Å². The number of benzene rings is 1. The van der Waals surface area contributed by atoms with Gasteiger partial charge in [-0.15, -0.1) is 0 Å². The molecule has 1 aromatic heterocycles. The highest BCUT2D eigenvalue weighted by Gasteiger charge is 2.24. The van der Waals surface area contributed by atoms with Crippen LogP contribution in [0.3, 0.4) is 0 Å². The van der Waals surface area contributed by atoms with E-state index in [0.717, 1.165) is 36.1 Å². The average Bonchev–Trinajstić information content (AvgIpc) is 3.18. The molecule has 0 fully saturated rings. The zero-order chi connectivity index (χ0) is 19.9. The highest BCUT2D eigenvalue weighted by molar-refractivity contribution is 5.75. The molecule has 0 aliphatic heterocycles. The molecule has 0 radical (unpaired) electrons. The maximum Gasteiger partial charge on any atom is 0.315 e. The van der Waals surface area contributed by atoms with Crippen molar-refractivity contribution in [1.82, 2.24) is 10.6 Å². The summed E-state index contributed by atoms with van der Waals surface area (Å²) in [6.07, 6.45) is 4.53. The van der Waals surface area contributed by atoms with E-state index >= 15 is 0 Å². The Balaban J connectivity index is 1.59. The van der Waals surface area contributed by atoms with Crippen molar-refractivity contribution in [1.29, 1.82) is 0 Å². The lowest BCUT2D eigenvalue weighted by Crippen LogP contribution is -2.40. The molecule has 0 saturated heterocycles. The topological polar surface area (TPSA) is 82.0 Å². The molecular formula is C21H28N2O5. The first kappa shape index (κ1) is 20.1. The van der Waals surface area contributed by atoms with E-state index in [9.17, 15) is 4.79 Å². The fourth-order valence-corrected chi connectivity index (χ4v) is 3.42. The molecular weight excluding hydrogens is 360 g/mol. The lowest BCUT2D eigenvalue weighted by atomic mass is 9.93. The van der Waals surface area contributed by atoms with Crippen LogP contribution in [0.5, 0.6) is 11.5 Å². The fraction of sp³-hybridized carbons (Fsp3) is 0.476. The number of nitrogens with one attached hydrogen (secondary N) is 2. The van der Waals surface area contributed by atoms with Crippen LogP contribution in [0.1, 0.15) is 48.7 Å². The van der Waals surface area contributed by atoms with E-state index in [2.05, 4.69) is 10.6 Å². The summed E-state index contributed by atoms with van der Waals surface area (Å²) in [6.45, 7) is 2.88. The van der Waals surface area contributed by atoms with Gasteiger partial charge in [0.05, 0.1) is 32.1 Å². The smallest absolute Gasteiger partial charge is 0.315 e. The Morgan fingerprint density at radius 2 is 2.11 bits per heavy atom. The number of fused-ring (bicyclic) bond motifs is 1. The number of methoxy groups -OCH3 is 2. The third-order valence-electron chi connectivity index (χ3n) is 4.94. The Bertz CT molecular complexity index is 789. The molecule has 2 N–H and O–H groups in total. The number of hydrogen-bond acceptors (Lipinski definition) is 5. The van der Waals surface area contributed by atoms with Crippen LogP contribution in [0, 0.1) is 0 Å². The first-order valence-electron chi connectivity index (χ1n) is 9.55. The van der Waals surface area contributed by atoms with E-state index in [1.807, 2.05) is 31.2 Å². The second-order valence-electron chi connectivity index (χ2n) is 6.83. The van der Waals surface area contributed by atoms with E-state index in [1.54, 1.807) is 20.5 Å². The van der Waals surface area contributed by atoms with Crippen molar-refractivity contribution in [2.75, 3.05) is 27.4 Å². The van der Waals surface area contributed by atoms with Crippen LogP contribution < -0.4 is 20.1 Å². The molecule has 2 atom stereocenters. The summed E-state index contributed by atoms with van der Waals surface area (Å²) in [5, 5.41) is 6.05. The standard InChI is InChI=1S/C21H28N2O5/c1-14(15-7-8-19(20(13-15)26-3)28-12-11-25-2)22-21(24)23-17-5-4-6-18-16(17)9-10-27-18/h7-10,13-14,17H,4-6,11-12H2,1-3H3,(H2,22,23,24). The van der Waals surface area contributed by atoms with Crippen molar-refractivity contribution < 1.29 is 23.4 Å². The van der Waals surface area contributed by atoms with Crippen LogP contribution in [0.15, 0.2) is 34.9 Å². The van der Waals surface area contributed by atoms with Crippen LogP contribution in [0.2, 0.25) is 0 Å². The van der Waals surface area contributed by atoms with Crippen LogP contribution in [-0.4, -0.2) is 33.5 Å². The predicted octanol–water partition coefficient (Wildman–Crippen LogP) is 3.75. The number of ether oxygens (including phenoxy) is 3. The predicted molar refractivity (Wildman–Crippen MR) is 105 cm³/mol. The lowest BCUT2D eigenvalue weighted by Gasteiger charge is -2.24. The molecule has 0 spiro atoms. The van der Waals surface area contributed by atoms with Crippen molar-refractivity contribution in [3.8, 4) is 11.5 Å². The first-order chi connectivity index (χ1) is 13.6. The van der Waals surface area contributed by atoms with Gasteiger partial charge in [-0.05, 0) is 43.5 Å². The maximum atomic E-state index is 12.5. The van der Waals surface area contributed by atoms with Gasteiger partial charge in [0, 0.05) is 19.1 Å². The van der Waals surface area contributed by atoms with Gasteiger partial charge in [0.15, 0.2) is 11.5 Å². The molecule has 1 aliphatic rings. The van der Waals surface area contributed by atoms with E-state index in [-0.39, 0.29) is 18.1 Å². The zero-order valence-electron chi connectivity index (χ0n) is 16.6. The molecule has 0 bridgehead atoms. The van der Waals surface area contributed by atoms with Gasteiger partial charge in [-0.25, -0.2) is 4.79 Å². The third-order valence-corrected chi connectivity index (χ3v) is 4.94. The van der Waals surface area contributed by atoms with E-state index in [1.165, 1.54) is 0 Å². The van der Waals surface area contributed by atoms with Crippen LogP contribution in [0.4, 0.5) is 4.79 Å².